The minimum absolute atomic E-state index is 0.00601. The molecule has 1 aliphatic heterocycles. The molecule has 5 nitrogen and oxygen atoms in total. The van der Waals surface area contributed by atoms with E-state index in [9.17, 15) is 18.0 Å². The number of likely N-dealkylation sites (tertiary alicyclic amines) is 1. The molecule has 0 radical (unpaired) electrons. The Labute approximate surface area is 237 Å². The lowest BCUT2D eigenvalue weighted by Gasteiger charge is -2.53. The minimum atomic E-state index is -3.48. The van der Waals surface area contributed by atoms with Crippen molar-refractivity contribution < 1.29 is 18.0 Å². The molecule has 3 rings (SSSR count). The Balaban J connectivity index is 2.30. The molecule has 8 heteroatoms. The summed E-state index contributed by atoms with van der Waals surface area (Å²) in [5.74, 6) is -0.698. The molecule has 0 N–H and O–H groups in total. The summed E-state index contributed by atoms with van der Waals surface area (Å²) in [6.45, 7) is 10.9. The molecule has 1 amide bonds. The maximum absolute atomic E-state index is 14.5. The molecule has 0 unspecified atom stereocenters. The maximum atomic E-state index is 14.5. The largest absolute Gasteiger partial charge is 0.330 e. The molecule has 0 aromatic heterocycles. The van der Waals surface area contributed by atoms with Gasteiger partial charge in [-0.15, -0.1) is 0 Å². The second-order valence-electron chi connectivity index (χ2n) is 11.4. The zero-order valence-electron chi connectivity index (χ0n) is 23.1. The molecule has 2 aromatic carbocycles. The number of benzene rings is 2. The maximum Gasteiger partial charge on any atom is 0.229 e. The van der Waals surface area contributed by atoms with Crippen molar-refractivity contribution in [2.75, 3.05) is 5.75 Å². The Morgan fingerprint density at radius 2 is 1.66 bits per heavy atom. The van der Waals surface area contributed by atoms with Gasteiger partial charge in [-0.2, -0.15) is 0 Å². The summed E-state index contributed by atoms with van der Waals surface area (Å²) in [6.07, 6.45) is 0.870. The fourth-order valence-corrected chi connectivity index (χ4v) is 7.23. The van der Waals surface area contributed by atoms with Crippen LogP contribution in [0.15, 0.2) is 48.5 Å². The predicted octanol–water partition coefficient (Wildman–Crippen LogP) is 7.27. The topological polar surface area (TPSA) is 71.5 Å². The van der Waals surface area contributed by atoms with Crippen LogP contribution < -0.4 is 0 Å². The zero-order chi connectivity index (χ0) is 28.4. The van der Waals surface area contributed by atoms with Crippen LogP contribution in [0.25, 0.3) is 0 Å². The van der Waals surface area contributed by atoms with Crippen molar-refractivity contribution in [3.63, 3.8) is 0 Å². The molecule has 208 valence electrons. The first-order valence-corrected chi connectivity index (χ1v) is 15.7. The van der Waals surface area contributed by atoms with Crippen LogP contribution in [0, 0.1) is 11.3 Å². The normalized spacial score (nSPS) is 23.2. The average Bonchev–Trinajstić information content (AvgIpc) is 2.84. The van der Waals surface area contributed by atoms with Crippen molar-refractivity contribution in [2.45, 2.75) is 84.1 Å². The van der Waals surface area contributed by atoms with Gasteiger partial charge in [0.1, 0.15) is 5.78 Å². The van der Waals surface area contributed by atoms with Crippen LogP contribution in [0.5, 0.6) is 0 Å². The van der Waals surface area contributed by atoms with Gasteiger partial charge in [0.15, 0.2) is 9.84 Å². The van der Waals surface area contributed by atoms with Gasteiger partial charge in [-0.1, -0.05) is 75.2 Å². The number of hydrogen-bond acceptors (Lipinski definition) is 4. The number of rotatable bonds is 10. The van der Waals surface area contributed by atoms with Crippen molar-refractivity contribution in [1.82, 2.24) is 4.90 Å². The van der Waals surface area contributed by atoms with Crippen LogP contribution in [0.1, 0.15) is 83.9 Å². The molecule has 2 aromatic rings. The molecular formula is C30H39Cl2NO4S. The standard InChI is InChI=1S/C30H39Cl2NO4S/c1-7-25(34)16-30(6)17-26(22-9-8-10-24(32)15-22)28(21-11-13-23(31)14-12-21)33(29(30)35)27(19(2)3)18-38(36,37)20(4)5/h8-15,19-20,26-28H,7,16-18H2,1-6H3/t26-,27-,28-,30+/m1/s1. The Morgan fingerprint density at radius 1 is 1.03 bits per heavy atom. The second kappa shape index (κ2) is 12.1. The van der Waals surface area contributed by atoms with Gasteiger partial charge < -0.3 is 4.90 Å². The lowest BCUT2D eigenvalue weighted by atomic mass is 9.66. The number of piperidine rings is 1. The fourth-order valence-electron chi connectivity index (χ4n) is 5.50. The summed E-state index contributed by atoms with van der Waals surface area (Å²) in [6, 6.07) is 13.9. The number of amides is 1. The van der Waals surface area contributed by atoms with Crippen LogP contribution in [-0.4, -0.2) is 42.1 Å². The van der Waals surface area contributed by atoms with Crippen LogP contribution in [0.3, 0.4) is 0 Å². The van der Waals surface area contributed by atoms with Crippen molar-refractivity contribution in [3.8, 4) is 0 Å². The monoisotopic (exact) mass is 579 g/mol. The highest BCUT2D eigenvalue weighted by molar-refractivity contribution is 7.92. The van der Waals surface area contributed by atoms with Gasteiger partial charge in [0.25, 0.3) is 0 Å². The van der Waals surface area contributed by atoms with Crippen LogP contribution in [0.2, 0.25) is 10.0 Å². The molecule has 38 heavy (non-hydrogen) atoms. The molecule has 1 heterocycles. The zero-order valence-corrected chi connectivity index (χ0v) is 25.4. The van der Waals surface area contributed by atoms with Gasteiger partial charge in [-0.3, -0.25) is 9.59 Å². The van der Waals surface area contributed by atoms with Gasteiger partial charge in [-0.05, 0) is 61.6 Å². The SMILES string of the molecule is CCC(=O)C[C@@]1(C)C[C@H](c2cccc(Cl)c2)[C@@H](c2ccc(Cl)cc2)N([C@H](CS(=O)(=O)C(C)C)C(C)C)C1=O. The van der Waals surface area contributed by atoms with Crippen LogP contribution in [0.4, 0.5) is 0 Å². The molecule has 1 fully saturated rings. The first kappa shape index (κ1) is 30.6. The Kier molecular flexibility index (Phi) is 9.76. The quantitative estimate of drug-likeness (QED) is 0.296. The molecular weight excluding hydrogens is 541 g/mol. The van der Waals surface area contributed by atoms with Gasteiger partial charge in [0, 0.05) is 34.8 Å². The van der Waals surface area contributed by atoms with E-state index in [1.54, 1.807) is 43.9 Å². The minimum Gasteiger partial charge on any atom is -0.330 e. The third kappa shape index (κ3) is 6.63. The summed E-state index contributed by atoms with van der Waals surface area (Å²) in [7, 11) is -3.48. The van der Waals surface area contributed by atoms with Gasteiger partial charge >= 0.3 is 0 Å². The van der Waals surface area contributed by atoms with Crippen molar-refractivity contribution in [2.24, 2.45) is 11.3 Å². The van der Waals surface area contributed by atoms with Crippen molar-refractivity contribution in [1.29, 1.82) is 0 Å². The molecule has 1 saturated heterocycles. The van der Waals surface area contributed by atoms with E-state index in [1.807, 2.05) is 51.1 Å². The van der Waals surface area contributed by atoms with Gasteiger partial charge in [0.2, 0.25) is 5.91 Å². The highest BCUT2D eigenvalue weighted by Gasteiger charge is 2.53. The Morgan fingerprint density at radius 3 is 2.18 bits per heavy atom. The number of nitrogens with zero attached hydrogens (tertiary/aromatic N) is 1. The lowest BCUT2D eigenvalue weighted by molar-refractivity contribution is -0.157. The second-order valence-corrected chi connectivity index (χ2v) is 14.9. The summed E-state index contributed by atoms with van der Waals surface area (Å²) in [5, 5.41) is 0.576. The number of carbonyl (C=O) groups excluding carboxylic acids is 2. The highest BCUT2D eigenvalue weighted by atomic mass is 35.5. The van der Waals surface area contributed by atoms with E-state index in [0.29, 0.717) is 22.9 Å². The van der Waals surface area contributed by atoms with Crippen molar-refractivity contribution in [3.05, 3.63) is 69.7 Å². The summed E-state index contributed by atoms with van der Waals surface area (Å²) in [4.78, 5) is 29.0. The number of carbonyl (C=O) groups is 2. The third-order valence-corrected chi connectivity index (χ3v) is 10.5. The summed E-state index contributed by atoms with van der Waals surface area (Å²) in [5.41, 5.74) is 0.820. The predicted molar refractivity (Wildman–Crippen MR) is 155 cm³/mol. The van der Waals surface area contributed by atoms with E-state index in [-0.39, 0.29) is 35.7 Å². The van der Waals surface area contributed by atoms with E-state index in [2.05, 4.69) is 0 Å². The van der Waals surface area contributed by atoms with E-state index in [1.165, 1.54) is 0 Å². The number of halogens is 2. The third-order valence-electron chi connectivity index (χ3n) is 7.82. The number of sulfone groups is 1. The van der Waals surface area contributed by atoms with Crippen LogP contribution in [-0.2, 0) is 19.4 Å². The lowest BCUT2D eigenvalue weighted by Crippen LogP contribution is -2.59. The van der Waals surface area contributed by atoms with Crippen molar-refractivity contribution >= 4 is 44.7 Å². The molecule has 1 aliphatic rings. The first-order valence-electron chi connectivity index (χ1n) is 13.3. The van der Waals surface area contributed by atoms with E-state index >= 15 is 0 Å². The van der Waals surface area contributed by atoms with Crippen LogP contribution >= 0.6 is 23.2 Å². The van der Waals surface area contributed by atoms with E-state index < -0.39 is 32.6 Å². The fraction of sp³-hybridized carbons (Fsp3) is 0.533. The molecule has 0 spiro atoms. The molecule has 4 atom stereocenters. The first-order chi connectivity index (χ1) is 17.7. The summed E-state index contributed by atoms with van der Waals surface area (Å²) < 4.78 is 26.5. The van der Waals surface area contributed by atoms with Gasteiger partial charge in [-0.25, -0.2) is 8.42 Å². The number of ketones is 1. The molecule has 0 aliphatic carbocycles. The Bertz CT molecular complexity index is 1260. The highest BCUT2D eigenvalue weighted by Crippen LogP contribution is 2.52. The summed E-state index contributed by atoms with van der Waals surface area (Å²) >= 11 is 12.7. The molecule has 0 bridgehead atoms. The smallest absolute Gasteiger partial charge is 0.229 e. The Hall–Kier alpha value is -1.89. The van der Waals surface area contributed by atoms with Gasteiger partial charge in [0.05, 0.1) is 22.5 Å². The van der Waals surface area contributed by atoms with E-state index in [4.69, 9.17) is 23.2 Å². The number of hydrogen-bond donors (Lipinski definition) is 0. The average molecular weight is 581 g/mol. The van der Waals surface area contributed by atoms with E-state index in [0.717, 1.165) is 11.1 Å². The number of Topliss-reactive ketones (excluding diaryl/α,β-unsaturated/α-hetero) is 1. The molecule has 0 saturated carbocycles.